The number of aromatic amines is 1. The van der Waals surface area contributed by atoms with E-state index < -0.39 is 5.63 Å². The van der Waals surface area contributed by atoms with Crippen LogP contribution in [0.15, 0.2) is 54.6 Å². The number of fused-ring (bicyclic) bond motifs is 1. The first-order valence-corrected chi connectivity index (χ1v) is 8.92. The summed E-state index contributed by atoms with van der Waals surface area (Å²) in [6, 6.07) is 8.11. The minimum absolute atomic E-state index is 0.210. The first kappa shape index (κ1) is 17.1. The van der Waals surface area contributed by atoms with E-state index in [1.165, 1.54) is 12.5 Å². The van der Waals surface area contributed by atoms with Gasteiger partial charge in [-0.15, -0.1) is 5.11 Å². The Balaban J connectivity index is 1.72. The van der Waals surface area contributed by atoms with Crippen molar-refractivity contribution in [2.75, 3.05) is 18.0 Å². The molecule has 138 valence electrons. The number of H-pyrrole nitrogens is 1. The van der Waals surface area contributed by atoms with Gasteiger partial charge in [0.1, 0.15) is 11.4 Å². The van der Waals surface area contributed by atoms with Gasteiger partial charge in [0, 0.05) is 24.5 Å². The molecule has 0 bridgehead atoms. The monoisotopic (exact) mass is 365 g/mol. The summed E-state index contributed by atoms with van der Waals surface area (Å²) >= 11 is 0. The maximum absolute atomic E-state index is 12.4. The number of nitrogens with one attached hydrogen (secondary N) is 1. The van der Waals surface area contributed by atoms with Gasteiger partial charge in [0.25, 0.3) is 5.56 Å². The van der Waals surface area contributed by atoms with Crippen LogP contribution in [0.4, 0.5) is 17.2 Å². The van der Waals surface area contributed by atoms with Crippen LogP contribution in [0.2, 0.25) is 0 Å². The Morgan fingerprint density at radius 3 is 2.70 bits per heavy atom. The van der Waals surface area contributed by atoms with Crippen LogP contribution in [0.3, 0.4) is 0 Å². The maximum Gasteiger partial charge on any atom is 0.336 e. The highest BCUT2D eigenvalue weighted by Crippen LogP contribution is 2.28. The van der Waals surface area contributed by atoms with Crippen LogP contribution in [-0.2, 0) is 0 Å². The highest BCUT2D eigenvalue weighted by Gasteiger charge is 2.19. The van der Waals surface area contributed by atoms with Crippen molar-refractivity contribution in [3.63, 3.8) is 0 Å². The normalized spacial score (nSPS) is 14.9. The zero-order valence-corrected chi connectivity index (χ0v) is 14.9. The number of aromatic nitrogens is 2. The molecular weight excluding hydrogens is 346 g/mol. The molecule has 0 radical (unpaired) electrons. The van der Waals surface area contributed by atoms with Gasteiger partial charge in [-0.25, -0.2) is 9.78 Å². The second kappa shape index (κ2) is 7.14. The van der Waals surface area contributed by atoms with Crippen molar-refractivity contribution in [1.29, 1.82) is 0 Å². The van der Waals surface area contributed by atoms with Crippen LogP contribution in [0.25, 0.3) is 11.0 Å². The highest BCUT2D eigenvalue weighted by molar-refractivity contribution is 5.79. The third kappa shape index (κ3) is 3.64. The third-order valence-electron chi connectivity index (χ3n) is 4.52. The largest absolute Gasteiger partial charge is 0.423 e. The van der Waals surface area contributed by atoms with Gasteiger partial charge in [0.15, 0.2) is 11.5 Å². The number of nitrogens with zero attached hydrogens (tertiary/aromatic N) is 4. The number of rotatable bonds is 3. The number of hydrogen-bond donors (Lipinski definition) is 1. The molecule has 8 nitrogen and oxygen atoms in total. The zero-order chi connectivity index (χ0) is 18.8. The van der Waals surface area contributed by atoms with Gasteiger partial charge in [-0.3, -0.25) is 4.79 Å². The van der Waals surface area contributed by atoms with Crippen LogP contribution in [0.5, 0.6) is 0 Å². The molecule has 0 spiro atoms. The first-order chi connectivity index (χ1) is 13.1. The molecule has 1 aliphatic rings. The fourth-order valence-electron chi connectivity index (χ4n) is 3.21. The lowest BCUT2D eigenvalue weighted by Crippen LogP contribution is -2.31. The lowest BCUT2D eigenvalue weighted by Gasteiger charge is -2.28. The quantitative estimate of drug-likeness (QED) is 0.564. The molecule has 1 fully saturated rings. The summed E-state index contributed by atoms with van der Waals surface area (Å²) in [4.78, 5) is 33.0. The summed E-state index contributed by atoms with van der Waals surface area (Å²) < 4.78 is 5.11. The summed E-state index contributed by atoms with van der Waals surface area (Å²) in [5.74, 6) is 1.13. The van der Waals surface area contributed by atoms with Crippen molar-refractivity contribution in [1.82, 2.24) is 9.97 Å². The van der Waals surface area contributed by atoms with Crippen molar-refractivity contribution in [3.05, 3.63) is 56.9 Å². The van der Waals surface area contributed by atoms with E-state index in [4.69, 9.17) is 4.42 Å². The van der Waals surface area contributed by atoms with Crippen LogP contribution in [0, 0.1) is 6.92 Å². The lowest BCUT2D eigenvalue weighted by molar-refractivity contribution is 0.561. The number of aryl methyl sites for hydroxylation is 1. The SMILES string of the molecule is Cc1nc(N2CCCCC2)c(N=Nc2ccc3oc(=O)ccc3c2)c(=O)[nH]1. The number of benzene rings is 1. The van der Waals surface area contributed by atoms with E-state index >= 15 is 0 Å². The predicted octanol–water partition coefficient (Wildman–Crippen LogP) is 3.59. The van der Waals surface area contributed by atoms with Crippen LogP contribution >= 0.6 is 0 Å². The molecule has 1 aliphatic heterocycles. The smallest absolute Gasteiger partial charge is 0.336 e. The van der Waals surface area contributed by atoms with Crippen molar-refractivity contribution in [2.45, 2.75) is 26.2 Å². The molecule has 8 heteroatoms. The number of azo groups is 1. The average molecular weight is 365 g/mol. The van der Waals surface area contributed by atoms with Crippen molar-refractivity contribution in [3.8, 4) is 0 Å². The second-order valence-corrected chi connectivity index (χ2v) is 6.55. The van der Waals surface area contributed by atoms with Gasteiger partial charge >= 0.3 is 5.63 Å². The molecule has 0 unspecified atom stereocenters. The van der Waals surface area contributed by atoms with Gasteiger partial charge in [-0.2, -0.15) is 5.11 Å². The Labute approximate surface area is 154 Å². The molecule has 1 saturated heterocycles. The fraction of sp³-hybridized carbons (Fsp3) is 0.316. The standard InChI is InChI=1S/C19H19N5O3/c1-12-20-18(24-9-3-2-4-10-24)17(19(26)21-12)23-22-14-6-7-15-13(11-14)5-8-16(25)27-15/h5-8,11H,2-4,9-10H2,1H3,(H,20,21,26). The summed E-state index contributed by atoms with van der Waals surface area (Å²) in [5, 5.41) is 9.15. The van der Waals surface area contributed by atoms with E-state index in [1.807, 2.05) is 0 Å². The van der Waals surface area contributed by atoms with Crippen LogP contribution < -0.4 is 16.1 Å². The Bertz CT molecular complexity index is 1130. The highest BCUT2D eigenvalue weighted by atomic mass is 16.4. The van der Waals surface area contributed by atoms with E-state index in [2.05, 4.69) is 25.1 Å². The zero-order valence-electron chi connectivity index (χ0n) is 14.9. The Morgan fingerprint density at radius 2 is 1.89 bits per heavy atom. The molecular formula is C19H19N5O3. The second-order valence-electron chi connectivity index (χ2n) is 6.55. The molecule has 2 aromatic heterocycles. The molecule has 3 heterocycles. The summed E-state index contributed by atoms with van der Waals surface area (Å²) in [6.45, 7) is 3.47. The minimum atomic E-state index is -0.402. The molecule has 0 atom stereocenters. The predicted molar refractivity (Wildman–Crippen MR) is 102 cm³/mol. The average Bonchev–Trinajstić information content (AvgIpc) is 2.67. The van der Waals surface area contributed by atoms with Crippen LogP contribution in [0.1, 0.15) is 25.1 Å². The molecule has 0 saturated carbocycles. The molecule has 0 amide bonds. The summed E-state index contributed by atoms with van der Waals surface area (Å²) in [6.07, 6.45) is 3.32. The number of piperidine rings is 1. The van der Waals surface area contributed by atoms with Crippen molar-refractivity contribution in [2.24, 2.45) is 10.2 Å². The van der Waals surface area contributed by atoms with Crippen molar-refractivity contribution >= 4 is 28.2 Å². The molecule has 0 aliphatic carbocycles. The topological polar surface area (TPSA) is 104 Å². The van der Waals surface area contributed by atoms with Gasteiger partial charge in [-0.1, -0.05) is 0 Å². The minimum Gasteiger partial charge on any atom is -0.423 e. The van der Waals surface area contributed by atoms with E-state index in [1.54, 1.807) is 31.2 Å². The van der Waals surface area contributed by atoms with E-state index in [-0.39, 0.29) is 11.2 Å². The van der Waals surface area contributed by atoms with E-state index in [0.29, 0.717) is 22.9 Å². The Hall–Kier alpha value is -3.29. The summed E-state index contributed by atoms with van der Waals surface area (Å²) in [5.41, 5.74) is 0.535. The van der Waals surface area contributed by atoms with Gasteiger partial charge in [0.05, 0.1) is 5.69 Å². The number of anilines is 1. The molecule has 1 N–H and O–H groups in total. The molecule has 3 aromatic rings. The first-order valence-electron chi connectivity index (χ1n) is 8.92. The Kier molecular flexibility index (Phi) is 4.53. The fourth-order valence-corrected chi connectivity index (χ4v) is 3.21. The van der Waals surface area contributed by atoms with Crippen molar-refractivity contribution < 1.29 is 4.42 Å². The molecule has 1 aromatic carbocycles. The maximum atomic E-state index is 12.4. The Morgan fingerprint density at radius 1 is 1.07 bits per heavy atom. The molecule has 27 heavy (non-hydrogen) atoms. The third-order valence-corrected chi connectivity index (χ3v) is 4.52. The number of hydrogen-bond acceptors (Lipinski definition) is 7. The van der Waals surface area contributed by atoms with Gasteiger partial charge in [-0.05, 0) is 50.5 Å². The van der Waals surface area contributed by atoms with Crippen LogP contribution in [-0.4, -0.2) is 23.1 Å². The van der Waals surface area contributed by atoms with Gasteiger partial charge in [0.2, 0.25) is 0 Å². The van der Waals surface area contributed by atoms with Gasteiger partial charge < -0.3 is 14.3 Å². The van der Waals surface area contributed by atoms with E-state index in [9.17, 15) is 9.59 Å². The lowest BCUT2D eigenvalue weighted by atomic mass is 10.1. The van der Waals surface area contributed by atoms with E-state index in [0.717, 1.165) is 31.3 Å². The summed E-state index contributed by atoms with van der Waals surface area (Å²) in [7, 11) is 0. The molecule has 4 rings (SSSR count).